The van der Waals surface area contributed by atoms with Gasteiger partial charge in [0.2, 0.25) is 0 Å². The van der Waals surface area contributed by atoms with Gasteiger partial charge in [-0.05, 0) is 24.3 Å². The number of methoxy groups -OCH3 is 1. The van der Waals surface area contributed by atoms with Crippen molar-refractivity contribution in [2.24, 2.45) is 0 Å². The molecular weight excluding hydrogens is 470 g/mol. The van der Waals surface area contributed by atoms with Crippen LogP contribution in [0.15, 0.2) is 60.7 Å². The van der Waals surface area contributed by atoms with Crippen LogP contribution < -0.4 is 10.1 Å². The fraction of sp³-hybridized carbons (Fsp3) is 0.0909. The number of nitrogens with zero attached hydrogens (tertiary/aromatic N) is 2. The lowest BCUT2D eigenvalue weighted by Crippen LogP contribution is -2.16. The van der Waals surface area contributed by atoms with Crippen LogP contribution in [0.5, 0.6) is 5.75 Å². The first-order valence-electron chi connectivity index (χ1n) is 9.54. The summed E-state index contributed by atoms with van der Waals surface area (Å²) in [4.78, 5) is 46.0. The van der Waals surface area contributed by atoms with E-state index in [1.807, 2.05) is 0 Å². The van der Waals surface area contributed by atoms with E-state index in [4.69, 9.17) is 21.1 Å². The third-order valence-electron chi connectivity index (χ3n) is 4.64. The second kappa shape index (κ2) is 10.4. The van der Waals surface area contributed by atoms with Crippen molar-refractivity contribution >= 4 is 40.5 Å². The number of rotatable bonds is 8. The summed E-state index contributed by atoms with van der Waals surface area (Å²) in [6.45, 7) is -0.319. The number of anilines is 1. The van der Waals surface area contributed by atoms with Crippen LogP contribution in [0.1, 0.15) is 26.3 Å². The van der Waals surface area contributed by atoms with Crippen molar-refractivity contribution in [2.45, 2.75) is 6.61 Å². The quantitative estimate of drug-likeness (QED) is 0.272. The van der Waals surface area contributed by atoms with E-state index in [0.29, 0.717) is 5.75 Å². The molecular formula is C22H16ClN3O8. The fourth-order valence-corrected chi connectivity index (χ4v) is 3.23. The van der Waals surface area contributed by atoms with Crippen LogP contribution in [0.25, 0.3) is 0 Å². The van der Waals surface area contributed by atoms with Crippen LogP contribution in [0.2, 0.25) is 5.02 Å². The van der Waals surface area contributed by atoms with Crippen LogP contribution in [0, 0.1) is 20.2 Å². The number of ether oxygens (including phenoxy) is 2. The van der Waals surface area contributed by atoms with E-state index in [9.17, 15) is 29.8 Å². The number of hydrogen-bond donors (Lipinski definition) is 1. The minimum absolute atomic E-state index is 0.0123. The predicted octanol–water partition coefficient (Wildman–Crippen LogP) is 4.77. The van der Waals surface area contributed by atoms with Gasteiger partial charge in [0.15, 0.2) is 0 Å². The molecule has 11 nitrogen and oxygen atoms in total. The molecule has 12 heteroatoms. The topological polar surface area (TPSA) is 151 Å². The maximum absolute atomic E-state index is 12.7. The number of hydrogen-bond acceptors (Lipinski definition) is 8. The van der Waals surface area contributed by atoms with Crippen molar-refractivity contribution < 1.29 is 28.9 Å². The second-order valence-corrected chi connectivity index (χ2v) is 7.16. The number of non-ortho nitro benzene ring substituents is 2. The van der Waals surface area contributed by atoms with Crippen LogP contribution in [-0.2, 0) is 11.3 Å². The molecule has 0 bridgehead atoms. The van der Waals surface area contributed by atoms with Crippen LogP contribution in [0.3, 0.4) is 0 Å². The Hall–Kier alpha value is -4.51. The molecule has 0 unspecified atom stereocenters. The summed E-state index contributed by atoms with van der Waals surface area (Å²) < 4.78 is 10.4. The Bertz CT molecular complexity index is 1290. The number of carbonyl (C=O) groups is 2. The van der Waals surface area contributed by atoms with Crippen molar-refractivity contribution in [1.29, 1.82) is 0 Å². The molecule has 0 fully saturated rings. The third-order valence-corrected chi connectivity index (χ3v) is 4.95. The monoisotopic (exact) mass is 485 g/mol. The van der Waals surface area contributed by atoms with Gasteiger partial charge in [-0.25, -0.2) is 4.79 Å². The standard InChI is InChI=1S/C22H16ClN3O8/c1-33-20-9-7-14(25(29)30)10-13(20)12-34-22(28)17-4-2-3-5-19(17)24-21(27)16-8-6-15(26(31)32)11-18(16)23/h2-11H,12H2,1H3,(H,24,27). The summed E-state index contributed by atoms with van der Waals surface area (Å²) in [6, 6.07) is 13.3. The number of esters is 1. The molecule has 0 aromatic heterocycles. The van der Waals surface area contributed by atoms with Gasteiger partial charge in [-0.15, -0.1) is 0 Å². The summed E-state index contributed by atoms with van der Waals surface area (Å²) in [7, 11) is 1.38. The summed E-state index contributed by atoms with van der Waals surface area (Å²) in [5.41, 5.74) is -0.0983. The van der Waals surface area contributed by atoms with Crippen molar-refractivity contribution in [3.63, 3.8) is 0 Å². The Kier molecular flexibility index (Phi) is 7.39. The number of benzene rings is 3. The van der Waals surface area contributed by atoms with E-state index in [1.165, 1.54) is 43.5 Å². The largest absolute Gasteiger partial charge is 0.496 e. The molecule has 0 saturated carbocycles. The van der Waals surface area contributed by atoms with E-state index in [0.717, 1.165) is 12.1 Å². The van der Waals surface area contributed by atoms with Crippen molar-refractivity contribution in [3.8, 4) is 5.75 Å². The summed E-state index contributed by atoms with van der Waals surface area (Å²) in [6.07, 6.45) is 0. The number of nitro benzene ring substituents is 2. The maximum atomic E-state index is 12.7. The normalized spacial score (nSPS) is 10.3. The molecule has 0 saturated heterocycles. The molecule has 0 radical (unpaired) electrons. The Labute approximate surface area is 197 Å². The minimum atomic E-state index is -0.806. The molecule has 3 aromatic carbocycles. The Morgan fingerprint density at radius 2 is 1.59 bits per heavy atom. The summed E-state index contributed by atoms with van der Waals surface area (Å²) in [5, 5.41) is 24.3. The Balaban J connectivity index is 1.78. The van der Waals surface area contributed by atoms with Crippen molar-refractivity contribution in [3.05, 3.63) is 103 Å². The molecule has 3 rings (SSSR count). The van der Waals surface area contributed by atoms with Crippen LogP contribution >= 0.6 is 11.6 Å². The third kappa shape index (κ3) is 5.45. The van der Waals surface area contributed by atoms with E-state index < -0.39 is 21.7 Å². The molecule has 1 amide bonds. The molecule has 0 spiro atoms. The SMILES string of the molecule is COc1ccc([N+](=O)[O-])cc1COC(=O)c1ccccc1NC(=O)c1ccc([N+](=O)[O-])cc1Cl. The number of amides is 1. The van der Waals surface area contributed by atoms with Gasteiger partial charge >= 0.3 is 5.97 Å². The summed E-state index contributed by atoms with van der Waals surface area (Å²) in [5.74, 6) is -1.20. The maximum Gasteiger partial charge on any atom is 0.340 e. The highest BCUT2D eigenvalue weighted by Crippen LogP contribution is 2.27. The average molecular weight is 486 g/mol. The smallest absolute Gasteiger partial charge is 0.340 e. The van der Waals surface area contributed by atoms with E-state index in [2.05, 4.69) is 5.32 Å². The zero-order chi connectivity index (χ0) is 24.8. The number of nitrogens with one attached hydrogen (secondary N) is 1. The van der Waals surface area contributed by atoms with Gasteiger partial charge in [-0.2, -0.15) is 0 Å². The number of para-hydroxylation sites is 1. The van der Waals surface area contributed by atoms with Crippen LogP contribution in [0.4, 0.5) is 17.1 Å². The zero-order valence-corrected chi connectivity index (χ0v) is 18.3. The van der Waals surface area contributed by atoms with Gasteiger partial charge in [-0.1, -0.05) is 23.7 Å². The number of nitro groups is 2. The second-order valence-electron chi connectivity index (χ2n) is 6.75. The molecule has 0 aliphatic heterocycles. The minimum Gasteiger partial charge on any atom is -0.496 e. The van der Waals surface area contributed by atoms with Gasteiger partial charge in [-0.3, -0.25) is 25.0 Å². The molecule has 0 heterocycles. The molecule has 3 aromatic rings. The van der Waals surface area contributed by atoms with E-state index >= 15 is 0 Å². The first-order valence-corrected chi connectivity index (χ1v) is 9.91. The van der Waals surface area contributed by atoms with Crippen molar-refractivity contribution in [2.75, 3.05) is 12.4 Å². The molecule has 0 atom stereocenters. The molecule has 174 valence electrons. The van der Waals surface area contributed by atoms with E-state index in [1.54, 1.807) is 12.1 Å². The van der Waals surface area contributed by atoms with Gasteiger partial charge in [0.25, 0.3) is 17.3 Å². The Morgan fingerprint density at radius 3 is 2.24 bits per heavy atom. The van der Waals surface area contributed by atoms with E-state index in [-0.39, 0.29) is 45.4 Å². The zero-order valence-electron chi connectivity index (χ0n) is 17.5. The average Bonchev–Trinajstić information content (AvgIpc) is 2.82. The lowest BCUT2D eigenvalue weighted by Gasteiger charge is -2.13. The lowest BCUT2D eigenvalue weighted by molar-refractivity contribution is -0.385. The van der Waals surface area contributed by atoms with Crippen molar-refractivity contribution in [1.82, 2.24) is 0 Å². The predicted molar refractivity (Wildman–Crippen MR) is 121 cm³/mol. The Morgan fingerprint density at radius 1 is 0.941 bits per heavy atom. The summed E-state index contributed by atoms with van der Waals surface area (Å²) >= 11 is 6.00. The number of halogens is 1. The highest BCUT2D eigenvalue weighted by atomic mass is 35.5. The van der Waals surface area contributed by atoms with Gasteiger partial charge in [0.05, 0.1) is 38.8 Å². The van der Waals surface area contributed by atoms with Gasteiger partial charge in [0.1, 0.15) is 12.4 Å². The number of carbonyl (C=O) groups excluding carboxylic acids is 2. The fourth-order valence-electron chi connectivity index (χ4n) is 2.97. The lowest BCUT2D eigenvalue weighted by atomic mass is 10.1. The molecule has 1 N–H and O–H groups in total. The highest BCUT2D eigenvalue weighted by Gasteiger charge is 2.20. The molecule has 0 aliphatic rings. The van der Waals surface area contributed by atoms with Gasteiger partial charge in [0, 0.05) is 29.8 Å². The van der Waals surface area contributed by atoms with Crippen LogP contribution in [-0.4, -0.2) is 28.8 Å². The first-order chi connectivity index (χ1) is 16.2. The molecule has 0 aliphatic carbocycles. The highest BCUT2D eigenvalue weighted by molar-refractivity contribution is 6.34. The van der Waals surface area contributed by atoms with Gasteiger partial charge < -0.3 is 14.8 Å². The first kappa shape index (κ1) is 24.1. The molecule has 34 heavy (non-hydrogen) atoms.